The zero-order chi connectivity index (χ0) is 25.2. The molecule has 35 heavy (non-hydrogen) atoms. The summed E-state index contributed by atoms with van der Waals surface area (Å²) < 4.78 is 11.0. The van der Waals surface area contributed by atoms with Crippen molar-refractivity contribution in [2.75, 3.05) is 23.3 Å². The summed E-state index contributed by atoms with van der Waals surface area (Å²) in [5.74, 6) is -0.0918. The molecule has 3 aromatic rings. The minimum Gasteiger partial charge on any atom is -0.462 e. The number of pyridine rings is 2. The van der Waals surface area contributed by atoms with Gasteiger partial charge in [0.15, 0.2) is 5.58 Å². The normalized spacial score (nSPS) is 16.4. The lowest BCUT2D eigenvalue weighted by Gasteiger charge is -2.35. The topological polar surface area (TPSA) is 110 Å². The molecule has 3 aromatic heterocycles. The molecule has 9 heteroatoms. The fourth-order valence-corrected chi connectivity index (χ4v) is 4.20. The Kier molecular flexibility index (Phi) is 6.95. The number of anilines is 2. The van der Waals surface area contributed by atoms with E-state index < -0.39 is 11.7 Å². The van der Waals surface area contributed by atoms with Gasteiger partial charge in [-0.05, 0) is 57.7 Å². The Balaban J connectivity index is 1.49. The lowest BCUT2D eigenvalue weighted by molar-refractivity contribution is 0.0500. The molecule has 1 saturated heterocycles. The van der Waals surface area contributed by atoms with Crippen LogP contribution in [0.3, 0.4) is 0 Å². The van der Waals surface area contributed by atoms with E-state index in [2.05, 4.69) is 39.3 Å². The maximum Gasteiger partial charge on any atom is 0.407 e. The van der Waals surface area contributed by atoms with Crippen molar-refractivity contribution in [2.24, 2.45) is 0 Å². The number of rotatable bonds is 5. The molecule has 0 spiro atoms. The highest BCUT2D eigenvalue weighted by atomic mass is 16.6. The summed E-state index contributed by atoms with van der Waals surface area (Å²) in [6.07, 6.45) is 6.35. The molecule has 0 saturated carbocycles. The van der Waals surface area contributed by atoms with Gasteiger partial charge in [-0.15, -0.1) is 0 Å². The van der Waals surface area contributed by atoms with E-state index in [1.807, 2.05) is 26.8 Å². The third kappa shape index (κ3) is 5.90. The number of nitrogens with zero attached hydrogens (tertiary/aromatic N) is 3. The molecule has 1 fully saturated rings. The second-order valence-electron chi connectivity index (χ2n) is 10.2. The lowest BCUT2D eigenvalue weighted by Crippen LogP contribution is -2.49. The predicted octanol–water partition coefficient (Wildman–Crippen LogP) is 5.09. The molecule has 9 nitrogen and oxygen atoms in total. The van der Waals surface area contributed by atoms with Crippen LogP contribution in [0.5, 0.6) is 0 Å². The molecule has 1 aliphatic rings. The molecule has 0 aromatic carbocycles. The highest BCUT2D eigenvalue weighted by molar-refractivity contribution is 6.05. The van der Waals surface area contributed by atoms with Crippen LogP contribution in [0.4, 0.5) is 16.2 Å². The SMILES string of the molecule is CC(C)c1coc2ccc(C(=O)Nc3cnccc3N3CCC[C@H](NC(=O)OC(C)(C)C)C3)nc12. The Hall–Kier alpha value is -3.62. The van der Waals surface area contributed by atoms with Gasteiger partial charge in [0.1, 0.15) is 16.8 Å². The number of hydrogen-bond donors (Lipinski definition) is 2. The maximum absolute atomic E-state index is 13.1. The summed E-state index contributed by atoms with van der Waals surface area (Å²) in [6.45, 7) is 11.0. The monoisotopic (exact) mass is 479 g/mol. The van der Waals surface area contributed by atoms with E-state index in [0.717, 1.165) is 30.6 Å². The Morgan fingerprint density at radius 1 is 1.23 bits per heavy atom. The molecule has 186 valence electrons. The summed E-state index contributed by atoms with van der Waals surface area (Å²) in [6, 6.07) is 5.23. The van der Waals surface area contributed by atoms with E-state index in [9.17, 15) is 9.59 Å². The van der Waals surface area contributed by atoms with Crippen molar-refractivity contribution in [1.29, 1.82) is 0 Å². The first kappa shape index (κ1) is 24.5. The van der Waals surface area contributed by atoms with Gasteiger partial charge in [0.05, 0.1) is 23.8 Å². The standard InChI is InChI=1S/C26H33N5O4/c1-16(2)18-15-34-22-9-8-19(29-23(18)22)24(32)30-20-13-27-11-10-21(20)31-12-6-7-17(14-31)28-25(33)35-26(3,4)5/h8-11,13,15-17H,6-7,12,14H2,1-5H3,(H,28,33)(H,30,32)/t17-/m0/s1. The number of furan rings is 1. The van der Waals surface area contributed by atoms with Gasteiger partial charge in [0.2, 0.25) is 0 Å². The van der Waals surface area contributed by atoms with Crippen LogP contribution in [0.1, 0.15) is 69.4 Å². The smallest absolute Gasteiger partial charge is 0.407 e. The second kappa shape index (κ2) is 9.93. The van der Waals surface area contributed by atoms with Crippen molar-refractivity contribution in [3.05, 3.63) is 48.1 Å². The fraction of sp³-hybridized carbons (Fsp3) is 0.462. The van der Waals surface area contributed by atoms with Crippen LogP contribution in [0.2, 0.25) is 0 Å². The Labute approximate surface area is 205 Å². The molecule has 2 N–H and O–H groups in total. The van der Waals surface area contributed by atoms with Gasteiger partial charge in [-0.1, -0.05) is 13.8 Å². The molecule has 4 rings (SSSR count). The fourth-order valence-electron chi connectivity index (χ4n) is 4.20. The third-order valence-corrected chi connectivity index (χ3v) is 5.83. The molecule has 1 atom stereocenters. The summed E-state index contributed by atoms with van der Waals surface area (Å²) in [7, 11) is 0. The predicted molar refractivity (Wildman–Crippen MR) is 135 cm³/mol. The van der Waals surface area contributed by atoms with Crippen LogP contribution in [0, 0.1) is 0 Å². The third-order valence-electron chi connectivity index (χ3n) is 5.83. The van der Waals surface area contributed by atoms with Gasteiger partial charge in [-0.25, -0.2) is 9.78 Å². The number of piperidine rings is 1. The summed E-state index contributed by atoms with van der Waals surface area (Å²) in [5, 5.41) is 5.93. The maximum atomic E-state index is 13.1. The first-order valence-corrected chi connectivity index (χ1v) is 12.0. The van der Waals surface area contributed by atoms with Crippen molar-refractivity contribution in [1.82, 2.24) is 15.3 Å². The van der Waals surface area contributed by atoms with Crippen molar-refractivity contribution in [2.45, 2.75) is 65.0 Å². The minimum atomic E-state index is -0.551. The van der Waals surface area contributed by atoms with E-state index in [1.165, 1.54) is 0 Å². The van der Waals surface area contributed by atoms with Crippen molar-refractivity contribution in [3.63, 3.8) is 0 Å². The summed E-state index contributed by atoms with van der Waals surface area (Å²) >= 11 is 0. The zero-order valence-electron chi connectivity index (χ0n) is 20.9. The number of aromatic nitrogens is 2. The van der Waals surface area contributed by atoms with Crippen LogP contribution >= 0.6 is 0 Å². The van der Waals surface area contributed by atoms with E-state index in [4.69, 9.17) is 9.15 Å². The number of hydrogen-bond acceptors (Lipinski definition) is 7. The lowest BCUT2D eigenvalue weighted by atomic mass is 10.0. The van der Waals surface area contributed by atoms with Crippen LogP contribution in [-0.2, 0) is 4.74 Å². The van der Waals surface area contributed by atoms with Crippen molar-refractivity contribution < 1.29 is 18.7 Å². The summed E-state index contributed by atoms with van der Waals surface area (Å²) in [4.78, 5) is 36.3. The van der Waals surface area contributed by atoms with E-state index >= 15 is 0 Å². The van der Waals surface area contributed by atoms with Gasteiger partial charge >= 0.3 is 6.09 Å². The second-order valence-corrected chi connectivity index (χ2v) is 10.2. The number of ether oxygens (including phenoxy) is 1. The highest BCUT2D eigenvalue weighted by Gasteiger charge is 2.26. The molecule has 0 bridgehead atoms. The van der Waals surface area contributed by atoms with Gasteiger partial charge in [-0.3, -0.25) is 9.78 Å². The van der Waals surface area contributed by atoms with E-state index in [1.54, 1.807) is 30.8 Å². The van der Waals surface area contributed by atoms with Gasteiger partial charge in [0, 0.05) is 30.9 Å². The molecule has 4 heterocycles. The van der Waals surface area contributed by atoms with E-state index in [-0.39, 0.29) is 17.9 Å². The highest BCUT2D eigenvalue weighted by Crippen LogP contribution is 2.29. The van der Waals surface area contributed by atoms with Gasteiger partial charge < -0.3 is 24.7 Å². The molecule has 1 aliphatic heterocycles. The van der Waals surface area contributed by atoms with Gasteiger partial charge in [0.25, 0.3) is 5.91 Å². The number of alkyl carbamates (subject to hydrolysis) is 1. The quantitative estimate of drug-likeness (QED) is 0.524. The van der Waals surface area contributed by atoms with Crippen molar-refractivity contribution >= 4 is 34.5 Å². The summed E-state index contributed by atoms with van der Waals surface area (Å²) in [5.41, 5.74) is 3.51. The molecular formula is C26H33N5O4. The van der Waals surface area contributed by atoms with E-state index in [0.29, 0.717) is 29.0 Å². The Morgan fingerprint density at radius 3 is 2.77 bits per heavy atom. The molecular weight excluding hydrogens is 446 g/mol. The number of fused-ring (bicyclic) bond motifs is 1. The number of amides is 2. The first-order valence-electron chi connectivity index (χ1n) is 12.0. The van der Waals surface area contributed by atoms with Crippen LogP contribution in [0.25, 0.3) is 11.1 Å². The minimum absolute atomic E-state index is 0.0602. The first-order chi connectivity index (χ1) is 16.6. The van der Waals surface area contributed by atoms with Crippen molar-refractivity contribution in [3.8, 4) is 0 Å². The zero-order valence-corrected chi connectivity index (χ0v) is 20.9. The molecule has 0 aliphatic carbocycles. The molecule has 0 radical (unpaired) electrons. The Morgan fingerprint density at radius 2 is 2.03 bits per heavy atom. The molecule has 2 amide bonds. The average molecular weight is 480 g/mol. The largest absolute Gasteiger partial charge is 0.462 e. The molecule has 0 unspecified atom stereocenters. The Bertz CT molecular complexity index is 1210. The number of nitrogens with one attached hydrogen (secondary N) is 2. The number of carbonyl (C=O) groups is 2. The van der Waals surface area contributed by atoms with Crippen LogP contribution < -0.4 is 15.5 Å². The number of carbonyl (C=O) groups excluding carboxylic acids is 2. The van der Waals surface area contributed by atoms with Crippen LogP contribution in [-0.4, -0.2) is 46.7 Å². The van der Waals surface area contributed by atoms with Gasteiger partial charge in [-0.2, -0.15) is 0 Å². The van der Waals surface area contributed by atoms with Crippen LogP contribution in [0.15, 0.2) is 41.3 Å². The average Bonchev–Trinajstić information content (AvgIpc) is 3.22.